The van der Waals surface area contributed by atoms with Crippen molar-refractivity contribution in [2.24, 2.45) is 0 Å². The fraction of sp³-hybridized carbons (Fsp3) is 0.357. The Balaban J connectivity index is 1.41. The van der Waals surface area contributed by atoms with Gasteiger partial charge in [0.05, 0.1) is 0 Å². The predicted octanol–water partition coefficient (Wildman–Crippen LogP) is 4.40. The van der Waals surface area contributed by atoms with E-state index < -0.39 is 5.54 Å². The molecular formula is C28H31N3O. The maximum atomic E-state index is 13.9. The minimum atomic E-state index is -0.641. The van der Waals surface area contributed by atoms with Crippen LogP contribution in [0.15, 0.2) is 66.9 Å². The molecule has 164 valence electrons. The van der Waals surface area contributed by atoms with Crippen LogP contribution in [-0.4, -0.2) is 46.7 Å². The molecule has 0 N–H and O–H groups in total. The van der Waals surface area contributed by atoms with E-state index >= 15 is 0 Å². The molecule has 1 saturated heterocycles. The fourth-order valence-electron chi connectivity index (χ4n) is 5.44. The lowest BCUT2D eigenvalue weighted by Gasteiger charge is -2.45. The number of nitrogens with zero attached hydrogens (tertiary/aromatic N) is 3. The lowest BCUT2D eigenvalue weighted by Crippen LogP contribution is -2.58. The molecule has 32 heavy (non-hydrogen) atoms. The number of hydrogen-bond acceptors (Lipinski definition) is 4. The average molecular weight is 426 g/mol. The summed E-state index contributed by atoms with van der Waals surface area (Å²) in [5.74, 6) is 0.225. The van der Waals surface area contributed by atoms with Gasteiger partial charge in [-0.1, -0.05) is 61.5 Å². The van der Waals surface area contributed by atoms with Gasteiger partial charge in [0.15, 0.2) is 5.78 Å². The number of hydrogen-bond donors (Lipinski definition) is 0. The van der Waals surface area contributed by atoms with Gasteiger partial charge in [0, 0.05) is 56.6 Å². The second kappa shape index (κ2) is 8.61. The van der Waals surface area contributed by atoms with Gasteiger partial charge in [-0.15, -0.1) is 0 Å². The molecule has 0 radical (unpaired) electrons. The second-order valence-corrected chi connectivity index (χ2v) is 9.10. The van der Waals surface area contributed by atoms with E-state index in [4.69, 9.17) is 0 Å². The SMILES string of the molecule is CCc1ccccc1CN1CCN(C2(c3ccc(C)nc3)Cc3ccccc3C2=O)CC1. The van der Waals surface area contributed by atoms with Crippen LogP contribution in [0.1, 0.15) is 45.2 Å². The van der Waals surface area contributed by atoms with Crippen molar-refractivity contribution in [3.63, 3.8) is 0 Å². The van der Waals surface area contributed by atoms with E-state index in [0.29, 0.717) is 0 Å². The van der Waals surface area contributed by atoms with Crippen LogP contribution in [-0.2, 0) is 24.9 Å². The molecule has 3 aromatic rings. The maximum Gasteiger partial charge on any atom is 0.188 e. The van der Waals surface area contributed by atoms with E-state index in [2.05, 4.69) is 58.1 Å². The van der Waals surface area contributed by atoms with E-state index in [0.717, 1.165) is 67.9 Å². The summed E-state index contributed by atoms with van der Waals surface area (Å²) in [5, 5.41) is 0. The quantitative estimate of drug-likeness (QED) is 0.607. The van der Waals surface area contributed by atoms with Crippen molar-refractivity contribution in [3.05, 3.63) is 100 Å². The first-order chi connectivity index (χ1) is 15.6. The highest BCUT2D eigenvalue weighted by Gasteiger charge is 2.51. The zero-order valence-electron chi connectivity index (χ0n) is 19.1. The Labute approximate surface area is 190 Å². The smallest absolute Gasteiger partial charge is 0.188 e. The molecule has 0 amide bonds. The molecule has 1 aliphatic heterocycles. The second-order valence-electron chi connectivity index (χ2n) is 9.10. The first-order valence-corrected chi connectivity index (χ1v) is 11.7. The Kier molecular flexibility index (Phi) is 5.66. The van der Waals surface area contributed by atoms with E-state index in [1.165, 1.54) is 11.1 Å². The van der Waals surface area contributed by atoms with Crippen molar-refractivity contribution in [1.82, 2.24) is 14.8 Å². The van der Waals surface area contributed by atoms with E-state index in [1.54, 1.807) is 0 Å². The van der Waals surface area contributed by atoms with Crippen LogP contribution >= 0.6 is 0 Å². The predicted molar refractivity (Wildman–Crippen MR) is 128 cm³/mol. The number of aryl methyl sites for hydroxylation is 2. The molecule has 4 heteroatoms. The highest BCUT2D eigenvalue weighted by molar-refractivity contribution is 6.08. The Morgan fingerprint density at radius 3 is 2.31 bits per heavy atom. The van der Waals surface area contributed by atoms with Gasteiger partial charge in [-0.2, -0.15) is 0 Å². The van der Waals surface area contributed by atoms with Gasteiger partial charge in [0.2, 0.25) is 0 Å². The van der Waals surface area contributed by atoms with Crippen molar-refractivity contribution < 1.29 is 4.79 Å². The van der Waals surface area contributed by atoms with E-state index in [1.807, 2.05) is 37.4 Å². The average Bonchev–Trinajstić information content (AvgIpc) is 3.14. The summed E-state index contributed by atoms with van der Waals surface area (Å²) < 4.78 is 0. The topological polar surface area (TPSA) is 36.4 Å². The van der Waals surface area contributed by atoms with Crippen LogP contribution in [0, 0.1) is 6.92 Å². The van der Waals surface area contributed by atoms with Crippen molar-refractivity contribution in [2.75, 3.05) is 26.2 Å². The molecule has 1 atom stereocenters. The Bertz CT molecular complexity index is 1120. The van der Waals surface area contributed by atoms with Gasteiger partial charge < -0.3 is 0 Å². The first kappa shape index (κ1) is 21.0. The lowest BCUT2D eigenvalue weighted by atomic mass is 9.84. The number of carbonyl (C=O) groups is 1. The van der Waals surface area contributed by atoms with Crippen molar-refractivity contribution >= 4 is 5.78 Å². The molecule has 1 fully saturated rings. The van der Waals surface area contributed by atoms with Gasteiger partial charge in [-0.25, -0.2) is 0 Å². The Morgan fingerprint density at radius 2 is 1.62 bits per heavy atom. The van der Waals surface area contributed by atoms with Crippen molar-refractivity contribution in [3.8, 4) is 0 Å². The molecular weight excluding hydrogens is 394 g/mol. The number of carbonyl (C=O) groups excluding carboxylic acids is 1. The highest BCUT2D eigenvalue weighted by atomic mass is 16.1. The monoisotopic (exact) mass is 425 g/mol. The number of rotatable bonds is 5. The number of fused-ring (bicyclic) bond motifs is 1. The summed E-state index contributed by atoms with van der Waals surface area (Å²) in [7, 11) is 0. The maximum absolute atomic E-state index is 13.9. The number of benzene rings is 2. The highest BCUT2D eigenvalue weighted by Crippen LogP contribution is 2.42. The molecule has 2 heterocycles. The molecule has 1 unspecified atom stereocenters. The minimum Gasteiger partial charge on any atom is -0.297 e. The Hall–Kier alpha value is -2.82. The van der Waals surface area contributed by atoms with E-state index in [9.17, 15) is 4.79 Å². The third kappa shape index (κ3) is 3.58. The molecule has 0 bridgehead atoms. The molecule has 1 aromatic heterocycles. The van der Waals surface area contributed by atoms with Crippen LogP contribution < -0.4 is 0 Å². The first-order valence-electron chi connectivity index (χ1n) is 11.7. The number of aromatic nitrogens is 1. The third-order valence-electron chi connectivity index (χ3n) is 7.28. The van der Waals surface area contributed by atoms with Crippen molar-refractivity contribution in [1.29, 1.82) is 0 Å². The Morgan fingerprint density at radius 1 is 0.906 bits per heavy atom. The molecule has 1 aliphatic carbocycles. The number of piperazine rings is 1. The zero-order chi connectivity index (χ0) is 22.1. The number of ketones is 1. The lowest BCUT2D eigenvalue weighted by molar-refractivity contribution is 0.0286. The summed E-state index contributed by atoms with van der Waals surface area (Å²) in [4.78, 5) is 23.4. The standard InChI is InChI=1S/C28H31N3O/c1-3-22-8-4-5-10-24(22)20-30-14-16-31(17-15-30)28(25-13-12-21(2)29-19-25)18-23-9-6-7-11-26(23)27(28)32/h4-13,19H,3,14-18,20H2,1-2H3. The van der Waals surface area contributed by atoms with Crippen molar-refractivity contribution in [2.45, 2.75) is 38.8 Å². The third-order valence-corrected chi connectivity index (χ3v) is 7.28. The molecule has 0 saturated carbocycles. The molecule has 2 aliphatic rings. The van der Waals surface area contributed by atoms with Crippen LogP contribution in [0.2, 0.25) is 0 Å². The summed E-state index contributed by atoms with van der Waals surface area (Å²) in [5.41, 5.74) is 6.23. The molecule has 5 rings (SSSR count). The summed E-state index contributed by atoms with van der Waals surface area (Å²) in [6.45, 7) is 8.87. The van der Waals surface area contributed by atoms with Gasteiger partial charge in [0.1, 0.15) is 5.54 Å². The fourth-order valence-corrected chi connectivity index (χ4v) is 5.44. The molecule has 2 aromatic carbocycles. The molecule has 4 nitrogen and oxygen atoms in total. The van der Waals surface area contributed by atoms with Gasteiger partial charge >= 0.3 is 0 Å². The van der Waals surface area contributed by atoms with Crippen LogP contribution in [0.3, 0.4) is 0 Å². The normalized spacial score (nSPS) is 21.6. The number of Topliss-reactive ketones (excluding diaryl/α,β-unsaturated/α-hetero) is 1. The number of pyridine rings is 1. The summed E-state index contributed by atoms with van der Waals surface area (Å²) >= 11 is 0. The van der Waals surface area contributed by atoms with Crippen LogP contribution in [0.4, 0.5) is 0 Å². The van der Waals surface area contributed by atoms with Crippen LogP contribution in [0.5, 0.6) is 0 Å². The van der Waals surface area contributed by atoms with Crippen LogP contribution in [0.25, 0.3) is 0 Å². The minimum absolute atomic E-state index is 0.225. The largest absolute Gasteiger partial charge is 0.297 e. The zero-order valence-corrected chi connectivity index (χ0v) is 19.1. The summed E-state index contributed by atoms with van der Waals surface area (Å²) in [6.07, 6.45) is 3.71. The van der Waals surface area contributed by atoms with E-state index in [-0.39, 0.29) is 5.78 Å². The van der Waals surface area contributed by atoms with Gasteiger partial charge in [-0.3, -0.25) is 19.6 Å². The van der Waals surface area contributed by atoms with Gasteiger partial charge in [0.25, 0.3) is 0 Å². The van der Waals surface area contributed by atoms with Gasteiger partial charge in [-0.05, 0) is 41.7 Å². The molecule has 0 spiro atoms. The summed E-state index contributed by atoms with van der Waals surface area (Å²) in [6, 6.07) is 21.0.